The van der Waals surface area contributed by atoms with E-state index in [1.54, 1.807) is 0 Å². The third kappa shape index (κ3) is 5.63. The molecule has 0 fully saturated rings. The van der Waals surface area contributed by atoms with Crippen molar-refractivity contribution in [1.82, 2.24) is 0 Å². The highest BCUT2D eigenvalue weighted by atomic mass is 28.3. The molecule has 0 aliphatic heterocycles. The maximum absolute atomic E-state index is 2.46. The van der Waals surface area contributed by atoms with E-state index in [2.05, 4.69) is 224 Å². The lowest BCUT2D eigenvalue weighted by atomic mass is 9.67. The first-order valence-corrected chi connectivity index (χ1v) is 21.5. The van der Waals surface area contributed by atoms with Gasteiger partial charge in [-0.2, -0.15) is 0 Å². The molecule has 1 aliphatic rings. The zero-order valence-corrected chi connectivity index (χ0v) is 31.3. The maximum Gasteiger partial charge on any atom is 0.0714 e. The first-order chi connectivity index (χ1) is 26.1. The number of nitrogens with zero attached hydrogens (tertiary/aromatic N) is 1. The number of fused-ring (bicyclic) bond motifs is 3. The molecule has 0 saturated carbocycles. The summed E-state index contributed by atoms with van der Waals surface area (Å²) in [4.78, 5) is 2.45. The average molecular weight is 696 g/mol. The SMILES string of the molecule is C[SiH](C)c1ccc(-c2ccc(N(c3ccc4c(c3)C(c3ccccc3)(c3ccccc3)c3ccccc3-4)c3ccccc3-c3ccccc3)cc2)cc1. The van der Waals surface area contributed by atoms with Crippen molar-refractivity contribution in [2.75, 3.05) is 4.90 Å². The molecule has 1 nitrogen and oxygen atoms in total. The van der Waals surface area contributed by atoms with Gasteiger partial charge >= 0.3 is 0 Å². The molecule has 53 heavy (non-hydrogen) atoms. The van der Waals surface area contributed by atoms with Gasteiger partial charge in [-0.3, -0.25) is 0 Å². The van der Waals surface area contributed by atoms with Crippen LogP contribution in [0, 0.1) is 0 Å². The van der Waals surface area contributed by atoms with Crippen LogP contribution in [0.1, 0.15) is 22.3 Å². The van der Waals surface area contributed by atoms with Crippen molar-refractivity contribution in [3.63, 3.8) is 0 Å². The number of anilines is 3. The summed E-state index contributed by atoms with van der Waals surface area (Å²) in [6.45, 7) is 4.76. The second-order valence-corrected chi connectivity index (χ2v) is 17.3. The quantitative estimate of drug-likeness (QED) is 0.143. The molecule has 1 aliphatic carbocycles. The van der Waals surface area contributed by atoms with Gasteiger partial charge in [-0.15, -0.1) is 0 Å². The van der Waals surface area contributed by atoms with Gasteiger partial charge in [0.1, 0.15) is 0 Å². The fraction of sp³-hybridized carbons (Fsp3) is 0.0588. The van der Waals surface area contributed by atoms with Gasteiger partial charge in [0.15, 0.2) is 0 Å². The van der Waals surface area contributed by atoms with E-state index in [1.807, 2.05) is 0 Å². The minimum Gasteiger partial charge on any atom is -0.310 e. The van der Waals surface area contributed by atoms with E-state index in [0.717, 1.165) is 17.1 Å². The molecule has 0 atom stereocenters. The Morgan fingerprint density at radius 1 is 0.377 bits per heavy atom. The highest BCUT2D eigenvalue weighted by molar-refractivity contribution is 6.70. The van der Waals surface area contributed by atoms with E-state index in [4.69, 9.17) is 0 Å². The summed E-state index contributed by atoms with van der Waals surface area (Å²) < 4.78 is 0. The summed E-state index contributed by atoms with van der Waals surface area (Å²) >= 11 is 0. The number of hydrogen-bond donors (Lipinski definition) is 0. The monoisotopic (exact) mass is 695 g/mol. The fourth-order valence-corrected chi connectivity index (χ4v) is 9.35. The van der Waals surface area contributed by atoms with Crippen LogP contribution < -0.4 is 10.1 Å². The second-order valence-electron chi connectivity index (χ2n) is 14.3. The maximum atomic E-state index is 2.46. The lowest BCUT2D eigenvalue weighted by Gasteiger charge is -2.35. The number of benzene rings is 8. The lowest BCUT2D eigenvalue weighted by Crippen LogP contribution is -2.28. The Bertz CT molecular complexity index is 2470. The van der Waals surface area contributed by atoms with E-state index < -0.39 is 14.2 Å². The third-order valence-corrected chi connectivity index (χ3v) is 12.7. The van der Waals surface area contributed by atoms with E-state index in [-0.39, 0.29) is 0 Å². The molecule has 9 rings (SSSR count). The molecule has 0 radical (unpaired) electrons. The topological polar surface area (TPSA) is 3.24 Å². The van der Waals surface area contributed by atoms with Crippen LogP contribution in [0.25, 0.3) is 33.4 Å². The molecule has 0 unspecified atom stereocenters. The van der Waals surface area contributed by atoms with E-state index in [0.29, 0.717) is 0 Å². The molecule has 0 heterocycles. The van der Waals surface area contributed by atoms with Gasteiger partial charge < -0.3 is 4.90 Å². The molecule has 0 amide bonds. The molecule has 0 N–H and O–H groups in total. The summed E-state index contributed by atoms with van der Waals surface area (Å²) in [5, 5.41) is 1.50. The van der Waals surface area contributed by atoms with Crippen LogP contribution in [0.3, 0.4) is 0 Å². The van der Waals surface area contributed by atoms with Crippen LogP contribution in [-0.2, 0) is 5.41 Å². The van der Waals surface area contributed by atoms with E-state index in [1.165, 1.54) is 60.8 Å². The minimum atomic E-state index is -0.849. The summed E-state index contributed by atoms with van der Waals surface area (Å²) in [5.74, 6) is 0. The van der Waals surface area contributed by atoms with Gasteiger partial charge in [-0.1, -0.05) is 194 Å². The van der Waals surface area contributed by atoms with Crippen molar-refractivity contribution in [2.45, 2.75) is 18.5 Å². The lowest BCUT2D eigenvalue weighted by molar-refractivity contribution is 0.768. The van der Waals surface area contributed by atoms with Gasteiger partial charge in [0, 0.05) is 16.9 Å². The van der Waals surface area contributed by atoms with Crippen molar-refractivity contribution < 1.29 is 0 Å². The first-order valence-electron chi connectivity index (χ1n) is 18.6. The summed E-state index contributed by atoms with van der Waals surface area (Å²) in [6.07, 6.45) is 0. The number of rotatable bonds is 8. The van der Waals surface area contributed by atoms with Crippen molar-refractivity contribution in [2.24, 2.45) is 0 Å². The van der Waals surface area contributed by atoms with Crippen molar-refractivity contribution in [3.05, 3.63) is 229 Å². The molecule has 0 spiro atoms. The second kappa shape index (κ2) is 13.7. The zero-order valence-electron chi connectivity index (χ0n) is 30.2. The van der Waals surface area contributed by atoms with E-state index in [9.17, 15) is 0 Å². The summed E-state index contributed by atoms with van der Waals surface area (Å²) in [7, 11) is -0.849. The number of hydrogen-bond acceptors (Lipinski definition) is 1. The van der Waals surface area contributed by atoms with Crippen LogP contribution >= 0.6 is 0 Å². The smallest absolute Gasteiger partial charge is 0.0714 e. The molecule has 0 bridgehead atoms. The highest BCUT2D eigenvalue weighted by Crippen LogP contribution is 2.57. The van der Waals surface area contributed by atoms with Gasteiger partial charge in [-0.05, 0) is 80.4 Å². The van der Waals surface area contributed by atoms with Crippen LogP contribution in [-0.4, -0.2) is 8.80 Å². The van der Waals surface area contributed by atoms with Crippen molar-refractivity contribution >= 4 is 31.0 Å². The van der Waals surface area contributed by atoms with Crippen LogP contribution in [0.15, 0.2) is 206 Å². The Balaban J connectivity index is 1.27. The molecule has 0 saturated heterocycles. The fourth-order valence-electron chi connectivity index (χ4n) is 8.39. The Labute approximate surface area is 315 Å². The molecule has 8 aromatic rings. The Morgan fingerprint density at radius 2 is 0.868 bits per heavy atom. The molecular weight excluding hydrogens is 655 g/mol. The van der Waals surface area contributed by atoms with Crippen molar-refractivity contribution in [1.29, 1.82) is 0 Å². The van der Waals surface area contributed by atoms with Gasteiger partial charge in [0.2, 0.25) is 0 Å². The van der Waals surface area contributed by atoms with Crippen LogP contribution in [0.4, 0.5) is 17.1 Å². The molecule has 2 heteroatoms. The van der Waals surface area contributed by atoms with Crippen LogP contribution in [0.2, 0.25) is 13.1 Å². The standard InChI is InChI=1S/C51H41NSi/c1-53(2)44-33-28-38(29-34-44)37-26-30-42(31-27-37)52(50-25-15-13-22-45(50)39-16-6-3-7-17-39)43-32-35-47-46-23-12-14-24-48(46)51(49(47)36-43,40-18-8-4-9-19-40)41-20-10-5-11-21-41/h3-36,53H,1-2H3. The highest BCUT2D eigenvalue weighted by Gasteiger charge is 2.46. The molecular formula is C51H41NSi. The largest absolute Gasteiger partial charge is 0.310 e. The van der Waals surface area contributed by atoms with E-state index >= 15 is 0 Å². The Morgan fingerprint density at radius 3 is 1.49 bits per heavy atom. The zero-order chi connectivity index (χ0) is 35.8. The van der Waals surface area contributed by atoms with Crippen LogP contribution in [0.5, 0.6) is 0 Å². The van der Waals surface area contributed by atoms with Crippen molar-refractivity contribution in [3.8, 4) is 33.4 Å². The number of para-hydroxylation sites is 1. The Kier molecular flexibility index (Phi) is 8.46. The molecule has 0 aromatic heterocycles. The summed E-state index contributed by atoms with van der Waals surface area (Å²) in [5.41, 5.74) is 15.4. The van der Waals surface area contributed by atoms with Gasteiger partial charge in [0.05, 0.1) is 19.9 Å². The molecule has 8 aromatic carbocycles. The third-order valence-electron chi connectivity index (χ3n) is 11.0. The normalized spacial score (nSPS) is 12.7. The Hall–Kier alpha value is -6.22. The van der Waals surface area contributed by atoms with Gasteiger partial charge in [0.25, 0.3) is 0 Å². The average Bonchev–Trinajstić information content (AvgIpc) is 3.53. The minimum absolute atomic E-state index is 0.482. The molecule has 254 valence electrons. The predicted molar refractivity (Wildman–Crippen MR) is 228 cm³/mol. The summed E-state index contributed by atoms with van der Waals surface area (Å²) in [6, 6.07) is 76.1. The van der Waals surface area contributed by atoms with Gasteiger partial charge in [-0.25, -0.2) is 0 Å². The predicted octanol–water partition coefficient (Wildman–Crippen LogP) is 12.5. The first kappa shape index (κ1) is 32.7.